The molecule has 7 nitrogen and oxygen atoms in total. The van der Waals surface area contributed by atoms with E-state index in [0.717, 1.165) is 39.1 Å². The number of pyridine rings is 2. The monoisotopic (exact) mass is 645 g/mol. The van der Waals surface area contributed by atoms with Gasteiger partial charge in [-0.25, -0.2) is 4.98 Å². The van der Waals surface area contributed by atoms with Gasteiger partial charge in [-0.3, -0.25) is 4.98 Å². The van der Waals surface area contributed by atoms with Crippen molar-refractivity contribution in [3.8, 4) is 11.3 Å². The van der Waals surface area contributed by atoms with Crippen LogP contribution in [0.15, 0.2) is 86.7 Å². The number of carbonyl (C=O) groups is 2. The minimum Gasteiger partial charge on any atom is -0.0490 e. The first-order valence-corrected chi connectivity index (χ1v) is 15.5. The Morgan fingerprint density at radius 1 is 1.00 bits per heavy atom. The zero-order valence-corrected chi connectivity index (χ0v) is 24.9. The molecule has 3 heterocycles. The molecule has 1 aliphatic heterocycles. The van der Waals surface area contributed by atoms with Gasteiger partial charge in [0.05, 0.1) is 11.2 Å². The molecule has 0 atom stereocenters. The van der Waals surface area contributed by atoms with Crippen molar-refractivity contribution in [2.45, 2.75) is 27.7 Å². The number of hydrogen-bond acceptors (Lipinski definition) is 5. The molecule has 2 amide bonds. The van der Waals surface area contributed by atoms with E-state index in [1.165, 1.54) is 0 Å². The van der Waals surface area contributed by atoms with E-state index >= 15 is 0 Å². The Morgan fingerprint density at radius 3 is 2.52 bits per heavy atom. The number of rotatable bonds is 7. The van der Waals surface area contributed by atoms with Crippen LogP contribution in [-0.4, -0.2) is 28.3 Å². The van der Waals surface area contributed by atoms with Crippen LogP contribution in [0.1, 0.15) is 45.7 Å². The van der Waals surface area contributed by atoms with Gasteiger partial charge in [-0.1, -0.05) is 11.6 Å². The molecule has 0 fully saturated rings. The number of aromatic nitrogens is 2. The van der Waals surface area contributed by atoms with Crippen LogP contribution >= 0.6 is 0 Å². The molecular formula is C32H30IN4O3-. The number of carbonyl (C=O) groups excluding carboxylic acids is 2. The predicted octanol–water partition coefficient (Wildman–Crippen LogP) is 3.35. The van der Waals surface area contributed by atoms with Gasteiger partial charge in [0, 0.05) is 23.3 Å². The number of ether oxygens (including phenoxy) is 1. The number of anilines is 1. The molecule has 204 valence electrons. The van der Waals surface area contributed by atoms with Gasteiger partial charge in [0.1, 0.15) is 0 Å². The fourth-order valence-corrected chi connectivity index (χ4v) is 6.51. The molecule has 2 aromatic heterocycles. The van der Waals surface area contributed by atoms with E-state index < -0.39 is 0 Å². The molecule has 0 saturated heterocycles. The summed E-state index contributed by atoms with van der Waals surface area (Å²) >= 11 is -0.199. The molecule has 2 aromatic carbocycles. The van der Waals surface area contributed by atoms with Crippen molar-refractivity contribution in [1.82, 2.24) is 15.3 Å². The number of halogens is 1. The van der Waals surface area contributed by atoms with Crippen LogP contribution < -0.4 is 31.8 Å². The van der Waals surface area contributed by atoms with Crippen LogP contribution in [-0.2, 0) is 4.74 Å². The largest absolute Gasteiger partial charge is 0.0490 e. The first-order chi connectivity index (χ1) is 19.3. The van der Waals surface area contributed by atoms with Crippen molar-refractivity contribution in [3.05, 3.63) is 109 Å². The van der Waals surface area contributed by atoms with Crippen molar-refractivity contribution in [2.24, 2.45) is 5.92 Å². The first kappa shape index (κ1) is 27.5. The zero-order valence-electron chi connectivity index (χ0n) is 22.8. The quantitative estimate of drug-likeness (QED) is 0.301. The zero-order chi connectivity index (χ0) is 28.2. The maximum atomic E-state index is 13.5. The average molecular weight is 646 g/mol. The Balaban J connectivity index is 1.32. The van der Waals surface area contributed by atoms with Gasteiger partial charge in [-0.05, 0) is 43.7 Å². The third-order valence-corrected chi connectivity index (χ3v) is 8.48. The minimum absolute atomic E-state index is 0.199. The summed E-state index contributed by atoms with van der Waals surface area (Å²) in [4.78, 5) is 35.4. The standard InChI is InChI=1S/C32H30IN4O3/c1-19(2)29-16-33-15-25(40-29)18-35-31(38)22-7-9-24(10-8-22)36-32(39)27-14-28(23-6-5-11-34-17-23)37-30-21(4)12-20(3)13-26(27)30/h5-17,19H,18H2,1-4H3,(H,35,38)(H,36,39)/q-1. The molecule has 2 N–H and O–H groups in total. The second-order valence-corrected chi connectivity index (χ2v) is 11.9. The third-order valence-electron chi connectivity index (χ3n) is 6.45. The molecule has 40 heavy (non-hydrogen) atoms. The Kier molecular flexibility index (Phi) is 8.25. The van der Waals surface area contributed by atoms with Gasteiger partial charge in [0.2, 0.25) is 0 Å². The maximum Gasteiger partial charge on any atom is 0.0135 e. The van der Waals surface area contributed by atoms with Gasteiger partial charge >= 0.3 is 145 Å². The van der Waals surface area contributed by atoms with Gasteiger partial charge in [0.25, 0.3) is 0 Å². The number of fused-ring (bicyclic) bond motifs is 1. The molecule has 5 rings (SSSR count). The number of nitrogens with one attached hydrogen (secondary N) is 2. The Morgan fingerprint density at radius 2 is 1.80 bits per heavy atom. The molecule has 0 bridgehead atoms. The van der Waals surface area contributed by atoms with Crippen LogP contribution in [0.4, 0.5) is 5.69 Å². The molecule has 0 saturated carbocycles. The number of benzene rings is 2. The van der Waals surface area contributed by atoms with Crippen molar-refractivity contribution in [3.63, 3.8) is 0 Å². The smallest absolute Gasteiger partial charge is 0.0135 e. The van der Waals surface area contributed by atoms with E-state index in [2.05, 4.69) is 43.7 Å². The van der Waals surface area contributed by atoms with Gasteiger partial charge in [-0.15, -0.1) is 0 Å². The topological polar surface area (TPSA) is 93.2 Å². The minimum atomic E-state index is -0.251. The fourth-order valence-electron chi connectivity index (χ4n) is 4.38. The van der Waals surface area contributed by atoms with Gasteiger partial charge in [-0.2, -0.15) is 0 Å². The van der Waals surface area contributed by atoms with E-state index in [9.17, 15) is 9.59 Å². The van der Waals surface area contributed by atoms with Crippen LogP contribution in [0.3, 0.4) is 0 Å². The summed E-state index contributed by atoms with van der Waals surface area (Å²) in [6.07, 6.45) is 3.44. The molecule has 0 radical (unpaired) electrons. The van der Waals surface area contributed by atoms with Crippen molar-refractivity contribution < 1.29 is 35.5 Å². The number of amides is 2. The number of aryl methyl sites for hydroxylation is 2. The Labute approximate surface area is 244 Å². The van der Waals surface area contributed by atoms with E-state index in [0.29, 0.717) is 35.0 Å². The summed E-state index contributed by atoms with van der Waals surface area (Å²) < 4.78 is 10.1. The molecule has 0 spiro atoms. The van der Waals surface area contributed by atoms with Crippen molar-refractivity contribution >= 4 is 28.4 Å². The number of allylic oxidation sites excluding steroid dienone is 1. The Bertz CT molecular complexity index is 1640. The summed E-state index contributed by atoms with van der Waals surface area (Å²) in [5, 5.41) is 6.70. The van der Waals surface area contributed by atoms with Crippen molar-refractivity contribution in [1.29, 1.82) is 0 Å². The molecule has 8 heteroatoms. The summed E-state index contributed by atoms with van der Waals surface area (Å²) in [6, 6.07) is 16.5. The molecule has 1 aliphatic rings. The van der Waals surface area contributed by atoms with Crippen LogP contribution in [0.5, 0.6) is 0 Å². The van der Waals surface area contributed by atoms with E-state index in [1.807, 2.05) is 32.0 Å². The summed E-state index contributed by atoms with van der Waals surface area (Å²) in [7, 11) is 0. The first-order valence-electron chi connectivity index (χ1n) is 13.0. The summed E-state index contributed by atoms with van der Waals surface area (Å²) in [5.41, 5.74) is 5.96. The number of nitrogens with zero attached hydrogens (tertiary/aromatic N) is 2. The SMILES string of the molecule is Cc1cc(C)c2nc(-c3cccnc3)cc(C(=O)Nc3ccc(C(=O)NCC4=C[I-]C=C(C(C)C)O4)cc3)c2c1. The van der Waals surface area contributed by atoms with Crippen LogP contribution in [0, 0.1) is 19.8 Å². The van der Waals surface area contributed by atoms with Crippen LogP contribution in [0.2, 0.25) is 0 Å². The normalized spacial score (nSPS) is 13.1. The fraction of sp³-hybridized carbons (Fsp3) is 0.188. The predicted molar refractivity (Wildman–Crippen MR) is 153 cm³/mol. The number of hydrogen-bond donors (Lipinski definition) is 2. The van der Waals surface area contributed by atoms with E-state index in [4.69, 9.17) is 9.72 Å². The molecule has 0 aliphatic carbocycles. The maximum absolute atomic E-state index is 13.5. The van der Waals surface area contributed by atoms with Crippen LogP contribution in [0.25, 0.3) is 22.2 Å². The average Bonchev–Trinajstić information content (AvgIpc) is 2.96. The van der Waals surface area contributed by atoms with E-state index in [1.54, 1.807) is 42.7 Å². The molecule has 0 unspecified atom stereocenters. The van der Waals surface area contributed by atoms with Crippen molar-refractivity contribution in [2.75, 3.05) is 11.9 Å². The summed E-state index contributed by atoms with van der Waals surface area (Å²) in [6.45, 7) is 8.53. The summed E-state index contributed by atoms with van der Waals surface area (Å²) in [5.74, 6) is 1.63. The van der Waals surface area contributed by atoms with E-state index in [-0.39, 0.29) is 33.0 Å². The Hall–Kier alpha value is -4.05. The second kappa shape index (κ2) is 12.0. The molecular weight excluding hydrogens is 615 g/mol. The van der Waals surface area contributed by atoms with Gasteiger partial charge < -0.3 is 0 Å². The third kappa shape index (κ3) is 6.22. The second-order valence-electron chi connectivity index (χ2n) is 9.96. The molecule has 4 aromatic rings. The van der Waals surface area contributed by atoms with Gasteiger partial charge in [0.15, 0.2) is 0 Å².